The number of rotatable bonds is 6. The lowest BCUT2D eigenvalue weighted by atomic mass is 10.1. The first-order valence-corrected chi connectivity index (χ1v) is 10.8. The second kappa shape index (κ2) is 7.60. The van der Waals surface area contributed by atoms with E-state index in [9.17, 15) is 50.0 Å². The van der Waals surface area contributed by atoms with Gasteiger partial charge in [0, 0.05) is 17.2 Å². The average Bonchev–Trinajstić information content (AvgIpc) is 2.90. The van der Waals surface area contributed by atoms with Gasteiger partial charge in [-0.15, -0.1) is 11.8 Å². The Morgan fingerprint density at radius 2 is 1.70 bits per heavy atom. The van der Waals surface area contributed by atoms with Gasteiger partial charge in [0.1, 0.15) is 11.2 Å². The summed E-state index contributed by atoms with van der Waals surface area (Å²) in [5, 5.41) is 21.4. The molecule has 0 bridgehead atoms. The third-order valence-corrected chi connectivity index (χ3v) is 6.26. The van der Waals surface area contributed by atoms with E-state index in [2.05, 4.69) is 0 Å². The molecule has 0 aliphatic heterocycles. The fourth-order valence-electron chi connectivity index (χ4n) is 2.77. The highest BCUT2D eigenvalue weighted by atomic mass is 32.2. The fraction of sp³-hybridized carbons (Fsp3) is 0.467. The van der Waals surface area contributed by atoms with Gasteiger partial charge in [0.2, 0.25) is 10.0 Å². The van der Waals surface area contributed by atoms with Gasteiger partial charge >= 0.3 is 12.4 Å². The molecule has 2 rings (SSSR count). The monoisotopic (exact) mass is 480 g/mol. The molecule has 0 aliphatic carbocycles. The molecule has 1 atom stereocenters. The van der Waals surface area contributed by atoms with E-state index in [4.69, 9.17) is 0 Å². The van der Waals surface area contributed by atoms with E-state index in [-0.39, 0.29) is 23.2 Å². The molecule has 7 nitrogen and oxygen atoms in total. The van der Waals surface area contributed by atoms with Crippen LogP contribution in [-0.2, 0) is 21.8 Å². The molecule has 30 heavy (non-hydrogen) atoms. The summed E-state index contributed by atoms with van der Waals surface area (Å²) in [4.78, 5) is 9.76. The normalized spacial score (nSPS) is 15.4. The van der Waals surface area contributed by atoms with Gasteiger partial charge in [-0.25, -0.2) is 12.4 Å². The van der Waals surface area contributed by atoms with E-state index in [1.54, 1.807) is 0 Å². The molecule has 1 unspecified atom stereocenters. The van der Waals surface area contributed by atoms with E-state index in [0.717, 1.165) is 13.0 Å². The molecule has 1 aromatic carbocycles. The Kier molecular flexibility index (Phi) is 6.15. The number of hydrogen-bond donors (Lipinski definition) is 1. The summed E-state index contributed by atoms with van der Waals surface area (Å²) < 4.78 is 102. The van der Waals surface area contributed by atoms with Crippen LogP contribution in [0.3, 0.4) is 0 Å². The van der Waals surface area contributed by atoms with Crippen LogP contribution in [0.2, 0.25) is 0 Å². The number of aromatic nitrogens is 1. The van der Waals surface area contributed by atoms with E-state index in [1.807, 2.05) is 0 Å². The smallest absolute Gasteiger partial charge is 0.383 e. The fourth-order valence-corrected chi connectivity index (χ4v) is 4.77. The van der Waals surface area contributed by atoms with E-state index in [0.29, 0.717) is 16.3 Å². The van der Waals surface area contributed by atoms with Gasteiger partial charge in [-0.2, -0.15) is 26.3 Å². The maximum Gasteiger partial charge on any atom is 0.423 e. The summed E-state index contributed by atoms with van der Waals surface area (Å²) in [5.74, 6) is -2.00. The summed E-state index contributed by atoms with van der Waals surface area (Å²) in [6.45, 7) is 0.991. The van der Waals surface area contributed by atoms with Gasteiger partial charge in [-0.3, -0.25) is 10.1 Å². The molecule has 0 saturated carbocycles. The predicted molar refractivity (Wildman–Crippen MR) is 96.8 cm³/mol. The summed E-state index contributed by atoms with van der Waals surface area (Å²) in [5.41, 5.74) is -6.39. The molecule has 0 radical (unpaired) electrons. The average molecular weight is 480 g/mol. The molecule has 0 saturated heterocycles. The van der Waals surface area contributed by atoms with Gasteiger partial charge in [0.15, 0.2) is 0 Å². The van der Waals surface area contributed by atoms with Crippen LogP contribution >= 0.6 is 11.8 Å². The van der Waals surface area contributed by atoms with Crippen LogP contribution in [-0.4, -0.2) is 46.4 Å². The maximum absolute atomic E-state index is 13.3. The van der Waals surface area contributed by atoms with Crippen LogP contribution in [0.5, 0.6) is 0 Å². The molecule has 0 amide bonds. The van der Waals surface area contributed by atoms with Gasteiger partial charge in [0.25, 0.3) is 5.69 Å². The van der Waals surface area contributed by atoms with Crippen LogP contribution in [0.1, 0.15) is 18.2 Å². The molecule has 1 N–H and O–H groups in total. The number of nitro groups is 1. The largest absolute Gasteiger partial charge is 0.423 e. The summed E-state index contributed by atoms with van der Waals surface area (Å²) in [6.07, 6.45) is -9.13. The van der Waals surface area contributed by atoms with Crippen LogP contribution in [0.4, 0.5) is 32.0 Å². The number of hydrogen-bond acceptors (Lipinski definition) is 6. The Balaban J connectivity index is 2.76. The lowest BCUT2D eigenvalue weighted by molar-refractivity contribution is -0.387. The Hall–Kier alpha value is -2.00. The zero-order chi connectivity index (χ0) is 23.3. The molecule has 15 heteroatoms. The minimum Gasteiger partial charge on any atom is -0.383 e. The Bertz CT molecular complexity index is 1090. The predicted octanol–water partition coefficient (Wildman–Crippen LogP) is 3.88. The number of benzene rings is 1. The van der Waals surface area contributed by atoms with Crippen molar-refractivity contribution in [1.29, 1.82) is 0 Å². The van der Waals surface area contributed by atoms with E-state index < -0.39 is 66.9 Å². The third kappa shape index (κ3) is 5.18. The van der Waals surface area contributed by atoms with E-state index >= 15 is 0 Å². The topological polar surface area (TPSA) is 102 Å². The maximum atomic E-state index is 13.3. The highest BCUT2D eigenvalue weighted by Crippen LogP contribution is 2.41. The lowest BCUT2D eigenvalue weighted by Crippen LogP contribution is -2.31. The number of nitrogens with zero attached hydrogens (tertiary/aromatic N) is 2. The van der Waals surface area contributed by atoms with Crippen LogP contribution in [0.25, 0.3) is 10.9 Å². The summed E-state index contributed by atoms with van der Waals surface area (Å²) >= 11 is 0.235. The highest BCUT2D eigenvalue weighted by Gasteiger charge is 2.41. The first-order chi connectivity index (χ1) is 13.3. The number of alkyl halides is 6. The molecule has 1 heterocycles. The van der Waals surface area contributed by atoms with Gasteiger partial charge in [0.05, 0.1) is 28.1 Å². The zero-order valence-electron chi connectivity index (χ0n) is 15.2. The number of fused-ring (bicyclic) bond motifs is 1. The van der Waals surface area contributed by atoms with Crippen molar-refractivity contribution in [1.82, 2.24) is 3.97 Å². The van der Waals surface area contributed by atoms with Crippen molar-refractivity contribution >= 4 is 38.4 Å². The number of nitro benzene ring substituents is 1. The second-order valence-electron chi connectivity index (χ2n) is 6.62. The van der Waals surface area contributed by atoms with Crippen molar-refractivity contribution in [2.24, 2.45) is 0 Å². The molecule has 2 aromatic rings. The van der Waals surface area contributed by atoms with Gasteiger partial charge in [-0.1, -0.05) is 0 Å². The minimum absolute atomic E-state index is 0.235. The highest BCUT2D eigenvalue weighted by molar-refractivity contribution is 7.99. The molecule has 0 fully saturated rings. The van der Waals surface area contributed by atoms with Crippen LogP contribution < -0.4 is 0 Å². The Morgan fingerprint density at radius 3 is 2.13 bits per heavy atom. The first-order valence-electron chi connectivity index (χ1n) is 7.83. The quantitative estimate of drug-likeness (QED) is 0.383. The van der Waals surface area contributed by atoms with Crippen molar-refractivity contribution in [2.45, 2.75) is 24.9 Å². The number of thioether (sulfide) groups is 1. The van der Waals surface area contributed by atoms with Crippen LogP contribution in [0, 0.1) is 10.1 Å². The number of aliphatic hydroxyl groups is 1. The second-order valence-corrected chi connectivity index (χ2v) is 9.44. The van der Waals surface area contributed by atoms with E-state index in [1.165, 1.54) is 0 Å². The molecular weight excluding hydrogens is 466 g/mol. The summed E-state index contributed by atoms with van der Waals surface area (Å²) in [6, 6.07) is 1.66. The van der Waals surface area contributed by atoms with Gasteiger partial charge in [-0.05, 0) is 19.1 Å². The molecule has 168 valence electrons. The van der Waals surface area contributed by atoms with Crippen molar-refractivity contribution in [3.63, 3.8) is 0 Å². The summed E-state index contributed by atoms with van der Waals surface area (Å²) in [7, 11) is -4.36. The number of halogens is 6. The minimum atomic E-state index is -5.19. The lowest BCUT2D eigenvalue weighted by Gasteiger charge is -2.25. The zero-order valence-corrected chi connectivity index (χ0v) is 16.8. The van der Waals surface area contributed by atoms with Crippen LogP contribution in [0.15, 0.2) is 18.2 Å². The molecule has 1 aromatic heterocycles. The SMILES string of the molecule is CC(O)(CSCC(F)(F)F)c1cc2cc([N+](=O)[O-])c(C(F)(F)F)cc2n1S(C)(=O)=O. The van der Waals surface area contributed by atoms with Crippen molar-refractivity contribution < 1.29 is 44.8 Å². The van der Waals surface area contributed by atoms with Crippen molar-refractivity contribution in [3.8, 4) is 0 Å². The van der Waals surface area contributed by atoms with Crippen molar-refractivity contribution in [2.75, 3.05) is 17.8 Å². The molecule has 0 aliphatic rings. The standard InChI is InChI=1S/C15H14F6N2O5S2/c1-13(24,6-29-7-14(16,17)18)12-4-8-3-11(23(25)26)9(15(19,20)21)5-10(8)22(12)30(2,27)28/h3-5,24H,6-7H2,1-2H3. The first kappa shape index (κ1) is 24.3. The van der Waals surface area contributed by atoms with Gasteiger partial charge < -0.3 is 5.11 Å². The van der Waals surface area contributed by atoms with Crippen molar-refractivity contribution in [3.05, 3.63) is 39.6 Å². The third-order valence-electron chi connectivity index (χ3n) is 3.91. The Labute approximate surface area is 169 Å². The molecular formula is C15H14F6N2O5S2. The Morgan fingerprint density at radius 1 is 1.13 bits per heavy atom. The molecule has 0 spiro atoms.